The van der Waals surface area contributed by atoms with Crippen molar-refractivity contribution in [3.05, 3.63) is 65.6 Å². The molecule has 9 nitrogen and oxygen atoms in total. The molecule has 1 saturated heterocycles. The van der Waals surface area contributed by atoms with E-state index in [9.17, 15) is 4.79 Å². The molecule has 2 N–H and O–H groups in total. The van der Waals surface area contributed by atoms with Crippen molar-refractivity contribution in [3.8, 4) is 11.3 Å². The lowest BCUT2D eigenvalue weighted by Gasteiger charge is -2.32. The molecule has 4 heterocycles. The van der Waals surface area contributed by atoms with Crippen LogP contribution in [0, 0.1) is 0 Å². The molecule has 1 amide bonds. The summed E-state index contributed by atoms with van der Waals surface area (Å²) in [6.07, 6.45) is 5.64. The average molecular weight is 471 g/mol. The Bertz CT molecular complexity index is 1340. The number of amides is 1. The fourth-order valence-corrected chi connectivity index (χ4v) is 4.86. The molecule has 4 aromatic rings. The molecular weight excluding hydrogens is 440 g/mol. The van der Waals surface area contributed by atoms with E-state index in [1.165, 1.54) is 11.3 Å². The summed E-state index contributed by atoms with van der Waals surface area (Å²) in [6.45, 7) is 2.91. The molecule has 1 aliphatic rings. The zero-order valence-corrected chi connectivity index (χ0v) is 20.3. The first kappa shape index (κ1) is 22.9. The average Bonchev–Trinajstić information content (AvgIpc) is 3.20. The molecule has 3 aromatic heterocycles. The van der Waals surface area contributed by atoms with Crippen molar-refractivity contribution in [2.75, 3.05) is 32.9 Å². The van der Waals surface area contributed by atoms with Gasteiger partial charge >= 0.3 is 0 Å². The summed E-state index contributed by atoms with van der Waals surface area (Å²) in [6, 6.07) is 12.3. The lowest BCUT2D eigenvalue weighted by molar-refractivity contribution is 0.0827. The number of likely N-dealkylation sites (tertiary alicyclic amines) is 1. The van der Waals surface area contributed by atoms with Gasteiger partial charge in [0.05, 0.1) is 6.20 Å². The molecule has 0 atom stereocenters. The van der Waals surface area contributed by atoms with Crippen LogP contribution < -0.4 is 5.73 Å². The number of carbonyl (C=O) groups is 1. The maximum atomic E-state index is 12.2. The van der Waals surface area contributed by atoms with Crippen LogP contribution >= 0.6 is 0 Å². The van der Waals surface area contributed by atoms with E-state index in [2.05, 4.69) is 54.9 Å². The van der Waals surface area contributed by atoms with E-state index in [-0.39, 0.29) is 11.9 Å². The van der Waals surface area contributed by atoms with Gasteiger partial charge in [-0.1, -0.05) is 12.1 Å². The Hall–Kier alpha value is -3.85. The second-order valence-corrected chi connectivity index (χ2v) is 9.36. The molecule has 35 heavy (non-hydrogen) atoms. The standard InChI is InChI=1S/C26H30N8O/c1-32(2)25(35)19-6-4-17(5-7-19)18-9-12-34(13-10-18)16-20-14-22-21(8-11-28-24(22)33(20)3)23-15-29-26(27)31-30-23/h4-8,11,14-15,18H,9-10,12-13,16H2,1-3H3,(H2,27,29,31). The first-order valence-corrected chi connectivity index (χ1v) is 11.8. The monoisotopic (exact) mass is 470 g/mol. The molecule has 5 rings (SSSR count). The van der Waals surface area contributed by atoms with Crippen molar-refractivity contribution >= 4 is 22.9 Å². The van der Waals surface area contributed by atoms with Gasteiger partial charge in [0.1, 0.15) is 11.3 Å². The molecule has 0 spiro atoms. The van der Waals surface area contributed by atoms with Gasteiger partial charge in [-0.15, -0.1) is 10.2 Å². The number of aromatic nitrogens is 5. The summed E-state index contributed by atoms with van der Waals surface area (Å²) in [4.78, 5) is 25.0. The summed E-state index contributed by atoms with van der Waals surface area (Å²) >= 11 is 0. The number of nitrogens with zero attached hydrogens (tertiary/aromatic N) is 7. The molecule has 0 unspecified atom stereocenters. The minimum absolute atomic E-state index is 0.0404. The van der Waals surface area contributed by atoms with Gasteiger partial charge in [-0.2, -0.15) is 0 Å². The van der Waals surface area contributed by atoms with Crippen molar-refractivity contribution < 1.29 is 4.79 Å². The molecular formula is C26H30N8O. The predicted octanol–water partition coefficient (Wildman–Crippen LogP) is 3.09. The highest BCUT2D eigenvalue weighted by atomic mass is 16.2. The molecule has 1 aliphatic heterocycles. The van der Waals surface area contributed by atoms with Gasteiger partial charge in [0.15, 0.2) is 0 Å². The Kier molecular flexibility index (Phi) is 6.17. The zero-order valence-electron chi connectivity index (χ0n) is 20.3. The van der Waals surface area contributed by atoms with Crippen molar-refractivity contribution in [3.63, 3.8) is 0 Å². The number of nitrogens with two attached hydrogens (primary N) is 1. The summed E-state index contributed by atoms with van der Waals surface area (Å²) < 4.78 is 2.16. The molecule has 0 aliphatic carbocycles. The van der Waals surface area contributed by atoms with Gasteiger partial charge in [-0.05, 0) is 61.7 Å². The number of pyridine rings is 1. The minimum Gasteiger partial charge on any atom is -0.366 e. The number of nitrogen functional groups attached to an aromatic ring is 1. The van der Waals surface area contributed by atoms with E-state index in [0.717, 1.165) is 54.6 Å². The van der Waals surface area contributed by atoms with E-state index in [0.29, 0.717) is 11.6 Å². The number of rotatable bonds is 5. The zero-order chi connectivity index (χ0) is 24.5. The Morgan fingerprint density at radius 1 is 1.09 bits per heavy atom. The third-order valence-corrected chi connectivity index (χ3v) is 6.89. The SMILES string of the molecule is CN(C)C(=O)c1ccc(C2CCN(Cc3cc4c(-c5cnc(N)nn5)ccnc4n3C)CC2)cc1. The fourth-order valence-electron chi connectivity index (χ4n) is 4.86. The van der Waals surface area contributed by atoms with Crippen LogP contribution in [-0.2, 0) is 13.6 Å². The summed E-state index contributed by atoms with van der Waals surface area (Å²) in [5.41, 5.74) is 11.4. The Labute approximate surface area is 204 Å². The Morgan fingerprint density at radius 2 is 1.83 bits per heavy atom. The largest absolute Gasteiger partial charge is 0.366 e. The summed E-state index contributed by atoms with van der Waals surface area (Å²) in [5.74, 6) is 0.722. The van der Waals surface area contributed by atoms with Crippen LogP contribution in [0.3, 0.4) is 0 Å². The van der Waals surface area contributed by atoms with Gasteiger partial charge in [0.25, 0.3) is 5.91 Å². The number of hydrogen-bond donors (Lipinski definition) is 1. The summed E-state index contributed by atoms with van der Waals surface area (Å²) in [5, 5.41) is 9.14. The van der Waals surface area contributed by atoms with Gasteiger partial charge < -0.3 is 15.2 Å². The number of aryl methyl sites for hydroxylation is 1. The number of anilines is 1. The molecule has 0 bridgehead atoms. The molecule has 180 valence electrons. The number of carbonyl (C=O) groups excluding carboxylic acids is 1. The number of hydrogen-bond acceptors (Lipinski definition) is 7. The highest BCUT2D eigenvalue weighted by Gasteiger charge is 2.23. The van der Waals surface area contributed by atoms with Crippen LogP contribution in [0.2, 0.25) is 0 Å². The van der Waals surface area contributed by atoms with Crippen LogP contribution in [0.25, 0.3) is 22.3 Å². The maximum absolute atomic E-state index is 12.2. The highest BCUT2D eigenvalue weighted by molar-refractivity contribution is 5.94. The normalized spacial score (nSPS) is 14.9. The van der Waals surface area contributed by atoms with Crippen molar-refractivity contribution in [1.82, 2.24) is 34.5 Å². The fraction of sp³-hybridized carbons (Fsp3) is 0.346. The Morgan fingerprint density at radius 3 is 2.49 bits per heavy atom. The van der Waals surface area contributed by atoms with Crippen LogP contribution in [-0.4, -0.2) is 67.6 Å². The van der Waals surface area contributed by atoms with Crippen LogP contribution in [0.4, 0.5) is 5.95 Å². The quantitative estimate of drug-likeness (QED) is 0.478. The second-order valence-electron chi connectivity index (χ2n) is 9.36. The number of fused-ring (bicyclic) bond motifs is 1. The van der Waals surface area contributed by atoms with E-state index < -0.39 is 0 Å². The van der Waals surface area contributed by atoms with Crippen LogP contribution in [0.5, 0.6) is 0 Å². The van der Waals surface area contributed by atoms with Crippen LogP contribution in [0.1, 0.15) is 40.4 Å². The molecule has 1 aromatic carbocycles. The number of piperidine rings is 1. The number of benzene rings is 1. The van der Waals surface area contributed by atoms with E-state index in [1.807, 2.05) is 18.2 Å². The highest BCUT2D eigenvalue weighted by Crippen LogP contribution is 2.31. The van der Waals surface area contributed by atoms with Gasteiger partial charge in [-0.3, -0.25) is 9.69 Å². The molecule has 0 saturated carbocycles. The Balaban J connectivity index is 1.28. The molecule has 0 radical (unpaired) electrons. The van der Waals surface area contributed by atoms with Crippen molar-refractivity contribution in [2.24, 2.45) is 7.05 Å². The molecule has 1 fully saturated rings. The van der Waals surface area contributed by atoms with Gasteiger partial charge in [0, 0.05) is 56.1 Å². The smallest absolute Gasteiger partial charge is 0.253 e. The van der Waals surface area contributed by atoms with E-state index in [1.54, 1.807) is 31.4 Å². The third-order valence-electron chi connectivity index (χ3n) is 6.89. The first-order valence-electron chi connectivity index (χ1n) is 11.8. The van der Waals surface area contributed by atoms with Gasteiger partial charge in [0.2, 0.25) is 5.95 Å². The third kappa shape index (κ3) is 4.59. The first-order chi connectivity index (χ1) is 16.9. The van der Waals surface area contributed by atoms with Crippen molar-refractivity contribution in [1.29, 1.82) is 0 Å². The lowest BCUT2D eigenvalue weighted by atomic mass is 9.89. The molecule has 9 heteroatoms. The van der Waals surface area contributed by atoms with E-state index in [4.69, 9.17) is 5.73 Å². The second kappa shape index (κ2) is 9.42. The van der Waals surface area contributed by atoms with Crippen LogP contribution in [0.15, 0.2) is 48.8 Å². The minimum atomic E-state index is 0.0404. The van der Waals surface area contributed by atoms with Gasteiger partial charge in [-0.25, -0.2) is 9.97 Å². The predicted molar refractivity (Wildman–Crippen MR) is 136 cm³/mol. The lowest BCUT2D eigenvalue weighted by Crippen LogP contribution is -2.33. The topological polar surface area (TPSA) is 106 Å². The maximum Gasteiger partial charge on any atom is 0.253 e. The summed E-state index contributed by atoms with van der Waals surface area (Å²) in [7, 11) is 5.62. The van der Waals surface area contributed by atoms with E-state index >= 15 is 0 Å². The van der Waals surface area contributed by atoms with Crippen molar-refractivity contribution in [2.45, 2.75) is 25.3 Å².